The van der Waals surface area contributed by atoms with E-state index >= 15 is 0 Å². The predicted octanol–water partition coefficient (Wildman–Crippen LogP) is 3.53. The molecule has 0 heterocycles. The van der Waals surface area contributed by atoms with Crippen molar-refractivity contribution in [1.82, 2.24) is 0 Å². The molecule has 122 valence electrons. The molecule has 0 radical (unpaired) electrons. The van der Waals surface area contributed by atoms with Gasteiger partial charge in [0.2, 0.25) is 5.91 Å². The molecule has 2 N–H and O–H groups in total. The number of nitrogens with one attached hydrogen (secondary N) is 2. The summed E-state index contributed by atoms with van der Waals surface area (Å²) < 4.78 is 10.7. The van der Waals surface area contributed by atoms with Crippen LogP contribution in [0.15, 0.2) is 48.5 Å². The lowest BCUT2D eigenvalue weighted by Crippen LogP contribution is -2.21. The minimum Gasteiger partial charge on any atom is -0.497 e. The monoisotopic (exact) mass is 314 g/mol. The van der Waals surface area contributed by atoms with Crippen LogP contribution >= 0.6 is 0 Å². The molecule has 5 nitrogen and oxygen atoms in total. The van der Waals surface area contributed by atoms with Gasteiger partial charge in [-0.3, -0.25) is 4.79 Å². The summed E-state index contributed by atoms with van der Waals surface area (Å²) >= 11 is 0. The Kier molecular flexibility index (Phi) is 5.86. The van der Waals surface area contributed by atoms with Gasteiger partial charge in [-0.1, -0.05) is 6.07 Å². The van der Waals surface area contributed by atoms with E-state index in [0.717, 1.165) is 22.9 Å². The molecule has 0 spiro atoms. The van der Waals surface area contributed by atoms with Crippen LogP contribution in [-0.4, -0.2) is 25.7 Å². The Morgan fingerprint density at radius 2 is 1.78 bits per heavy atom. The maximum atomic E-state index is 12.0. The fourth-order valence-electron chi connectivity index (χ4n) is 2.01. The van der Waals surface area contributed by atoms with E-state index in [1.165, 1.54) is 0 Å². The maximum Gasteiger partial charge on any atom is 0.243 e. The quantitative estimate of drug-likeness (QED) is 0.821. The zero-order valence-corrected chi connectivity index (χ0v) is 13.6. The fourth-order valence-corrected chi connectivity index (χ4v) is 2.01. The zero-order valence-electron chi connectivity index (χ0n) is 13.6. The second-order valence-corrected chi connectivity index (χ2v) is 5.32. The highest BCUT2D eigenvalue weighted by atomic mass is 16.5. The molecule has 1 amide bonds. The molecule has 0 fully saturated rings. The van der Waals surface area contributed by atoms with Crippen molar-refractivity contribution in [3.05, 3.63) is 48.5 Å². The lowest BCUT2D eigenvalue weighted by atomic mass is 10.3. The van der Waals surface area contributed by atoms with Gasteiger partial charge in [0.1, 0.15) is 11.5 Å². The van der Waals surface area contributed by atoms with E-state index in [2.05, 4.69) is 10.6 Å². The SMILES string of the molecule is COc1cccc(NCC(=O)Nc2ccc(OC(C)C)cc2)c1. The molecule has 0 aliphatic carbocycles. The number of rotatable bonds is 7. The first-order valence-corrected chi connectivity index (χ1v) is 7.51. The van der Waals surface area contributed by atoms with Gasteiger partial charge in [-0.15, -0.1) is 0 Å². The summed E-state index contributed by atoms with van der Waals surface area (Å²) in [5.41, 5.74) is 1.57. The Balaban J connectivity index is 1.84. The Morgan fingerprint density at radius 1 is 1.04 bits per heavy atom. The van der Waals surface area contributed by atoms with Crippen LogP contribution in [0.3, 0.4) is 0 Å². The molecule has 0 atom stereocenters. The molecule has 0 unspecified atom stereocenters. The van der Waals surface area contributed by atoms with Crippen LogP contribution in [0.5, 0.6) is 11.5 Å². The van der Waals surface area contributed by atoms with E-state index in [9.17, 15) is 4.79 Å². The van der Waals surface area contributed by atoms with Crippen LogP contribution < -0.4 is 20.1 Å². The largest absolute Gasteiger partial charge is 0.497 e. The van der Waals surface area contributed by atoms with Gasteiger partial charge < -0.3 is 20.1 Å². The van der Waals surface area contributed by atoms with Crippen molar-refractivity contribution >= 4 is 17.3 Å². The first-order valence-electron chi connectivity index (χ1n) is 7.51. The number of methoxy groups -OCH3 is 1. The Labute approximate surface area is 136 Å². The summed E-state index contributed by atoms with van der Waals surface area (Å²) in [6.45, 7) is 4.12. The lowest BCUT2D eigenvalue weighted by molar-refractivity contribution is -0.114. The minimum atomic E-state index is -0.120. The Morgan fingerprint density at radius 3 is 2.43 bits per heavy atom. The number of amides is 1. The smallest absolute Gasteiger partial charge is 0.243 e. The van der Waals surface area contributed by atoms with Gasteiger partial charge in [-0.25, -0.2) is 0 Å². The van der Waals surface area contributed by atoms with Crippen molar-refractivity contribution in [3.8, 4) is 11.5 Å². The van der Waals surface area contributed by atoms with Gasteiger partial charge >= 0.3 is 0 Å². The van der Waals surface area contributed by atoms with Crippen molar-refractivity contribution in [1.29, 1.82) is 0 Å². The third-order valence-corrected chi connectivity index (χ3v) is 3.03. The number of carbonyl (C=O) groups is 1. The third-order valence-electron chi connectivity index (χ3n) is 3.03. The lowest BCUT2D eigenvalue weighted by Gasteiger charge is -2.11. The minimum absolute atomic E-state index is 0.120. The van der Waals surface area contributed by atoms with Crippen molar-refractivity contribution in [2.45, 2.75) is 20.0 Å². The van der Waals surface area contributed by atoms with Gasteiger partial charge in [0.15, 0.2) is 0 Å². The molecule has 23 heavy (non-hydrogen) atoms. The molecule has 5 heteroatoms. The number of hydrogen-bond donors (Lipinski definition) is 2. The van der Waals surface area contributed by atoms with Crippen LogP contribution in [0.2, 0.25) is 0 Å². The predicted molar refractivity (Wildman–Crippen MR) is 92.3 cm³/mol. The highest BCUT2D eigenvalue weighted by molar-refractivity contribution is 5.93. The standard InChI is InChI=1S/C18H22N2O3/c1-13(2)23-16-9-7-14(8-10-16)20-18(21)12-19-15-5-4-6-17(11-15)22-3/h4-11,13,19H,12H2,1-3H3,(H,20,21). The summed E-state index contributed by atoms with van der Waals surface area (Å²) in [6.07, 6.45) is 0.127. The zero-order chi connectivity index (χ0) is 16.7. The van der Waals surface area contributed by atoms with E-state index < -0.39 is 0 Å². The Hall–Kier alpha value is -2.69. The Bertz CT molecular complexity index is 639. The summed E-state index contributed by atoms with van der Waals surface area (Å²) in [7, 11) is 1.61. The number of carbonyl (C=O) groups excluding carboxylic acids is 1. The first kappa shape index (κ1) is 16.7. The fraction of sp³-hybridized carbons (Fsp3) is 0.278. The van der Waals surface area contributed by atoms with E-state index in [0.29, 0.717) is 0 Å². The second-order valence-electron chi connectivity index (χ2n) is 5.32. The van der Waals surface area contributed by atoms with Gasteiger partial charge in [0.25, 0.3) is 0 Å². The molecule has 0 saturated carbocycles. The molecule has 0 aromatic heterocycles. The van der Waals surface area contributed by atoms with Crippen molar-refractivity contribution < 1.29 is 14.3 Å². The number of anilines is 2. The molecule has 0 saturated heterocycles. The van der Waals surface area contributed by atoms with Gasteiger partial charge in [0, 0.05) is 17.4 Å². The van der Waals surface area contributed by atoms with Gasteiger partial charge in [0.05, 0.1) is 19.8 Å². The molecule has 2 rings (SSSR count). The van der Waals surface area contributed by atoms with Gasteiger partial charge in [-0.2, -0.15) is 0 Å². The maximum absolute atomic E-state index is 12.0. The molecule has 2 aromatic rings. The normalized spacial score (nSPS) is 10.3. The average molecular weight is 314 g/mol. The number of hydrogen-bond acceptors (Lipinski definition) is 4. The number of benzene rings is 2. The summed E-state index contributed by atoms with van der Waals surface area (Å²) in [5.74, 6) is 1.41. The first-order chi connectivity index (χ1) is 11.1. The van der Waals surface area contributed by atoms with Crippen molar-refractivity contribution in [2.24, 2.45) is 0 Å². The molecular formula is C18H22N2O3. The third kappa shape index (κ3) is 5.54. The van der Waals surface area contributed by atoms with Crippen molar-refractivity contribution in [3.63, 3.8) is 0 Å². The van der Waals surface area contributed by atoms with Crippen LogP contribution in [0.1, 0.15) is 13.8 Å². The summed E-state index contributed by atoms with van der Waals surface area (Å²) in [5, 5.41) is 5.89. The molecule has 2 aromatic carbocycles. The highest BCUT2D eigenvalue weighted by Gasteiger charge is 2.04. The van der Waals surface area contributed by atoms with E-state index in [-0.39, 0.29) is 18.6 Å². The summed E-state index contributed by atoms with van der Waals surface area (Å²) in [4.78, 5) is 12.0. The second kappa shape index (κ2) is 8.08. The van der Waals surface area contributed by atoms with E-state index in [1.54, 1.807) is 7.11 Å². The highest BCUT2D eigenvalue weighted by Crippen LogP contribution is 2.18. The van der Waals surface area contributed by atoms with Crippen LogP contribution in [0, 0.1) is 0 Å². The van der Waals surface area contributed by atoms with Crippen molar-refractivity contribution in [2.75, 3.05) is 24.3 Å². The summed E-state index contributed by atoms with van der Waals surface area (Å²) in [6, 6.07) is 14.8. The van der Waals surface area contributed by atoms with Crippen LogP contribution in [0.25, 0.3) is 0 Å². The van der Waals surface area contributed by atoms with Crippen LogP contribution in [0.4, 0.5) is 11.4 Å². The number of ether oxygens (including phenoxy) is 2. The van der Waals surface area contributed by atoms with E-state index in [1.807, 2.05) is 62.4 Å². The van der Waals surface area contributed by atoms with E-state index in [4.69, 9.17) is 9.47 Å². The molecule has 0 aliphatic heterocycles. The van der Waals surface area contributed by atoms with Gasteiger partial charge in [-0.05, 0) is 50.2 Å². The molecule has 0 aliphatic rings. The average Bonchev–Trinajstić information content (AvgIpc) is 2.54. The molecular weight excluding hydrogens is 292 g/mol. The van der Waals surface area contributed by atoms with Crippen LogP contribution in [-0.2, 0) is 4.79 Å². The topological polar surface area (TPSA) is 59.6 Å². The molecule has 0 bridgehead atoms.